The summed E-state index contributed by atoms with van der Waals surface area (Å²) < 4.78 is 3.42. The van der Waals surface area contributed by atoms with Crippen molar-refractivity contribution in [1.29, 1.82) is 0 Å². The van der Waals surface area contributed by atoms with E-state index in [1.165, 1.54) is 0 Å². The lowest BCUT2D eigenvalue weighted by Crippen LogP contribution is -2.24. The van der Waals surface area contributed by atoms with E-state index in [0.717, 1.165) is 22.8 Å². The summed E-state index contributed by atoms with van der Waals surface area (Å²) in [4.78, 5) is 28.1. The van der Waals surface area contributed by atoms with Crippen LogP contribution in [0.2, 0.25) is 0 Å². The van der Waals surface area contributed by atoms with E-state index in [-0.39, 0.29) is 11.6 Å². The van der Waals surface area contributed by atoms with Gasteiger partial charge in [0, 0.05) is 6.04 Å². The molecule has 0 atom stereocenters. The highest BCUT2D eigenvalue weighted by molar-refractivity contribution is 8.13. The van der Waals surface area contributed by atoms with Crippen LogP contribution in [0, 0.1) is 0 Å². The van der Waals surface area contributed by atoms with Crippen molar-refractivity contribution >= 4 is 33.6 Å². The Hall–Kier alpha value is -2.28. The molecule has 0 fully saturated rings. The van der Waals surface area contributed by atoms with Crippen molar-refractivity contribution in [3.63, 3.8) is 0 Å². The van der Waals surface area contributed by atoms with Crippen molar-refractivity contribution in [3.05, 3.63) is 40.9 Å². The first-order valence-corrected chi connectivity index (χ1v) is 7.30. The van der Waals surface area contributed by atoms with Gasteiger partial charge in [0.1, 0.15) is 16.9 Å². The summed E-state index contributed by atoms with van der Waals surface area (Å²) in [5.41, 5.74) is 7.10. The van der Waals surface area contributed by atoms with Gasteiger partial charge < -0.3 is 10.3 Å². The molecule has 3 aromatic rings. The molecule has 0 saturated heterocycles. The summed E-state index contributed by atoms with van der Waals surface area (Å²) in [7, 11) is 0. The second-order valence-corrected chi connectivity index (χ2v) is 5.94. The quantitative estimate of drug-likeness (QED) is 0.737. The minimum absolute atomic E-state index is 0.00581. The van der Waals surface area contributed by atoms with E-state index < -0.39 is 5.24 Å². The number of imidazole rings is 1. The molecule has 0 aliphatic heterocycles. The van der Waals surface area contributed by atoms with Crippen LogP contribution in [0.25, 0.3) is 16.6 Å². The number of aromatic nitrogens is 3. The fraction of sp³-hybridized carbons (Fsp3) is 0.214. The SMILES string of the molecule is CC(C)n1c(=O)c2c(SC(N)=O)ncn2c2ccccc21. The van der Waals surface area contributed by atoms with Crippen molar-refractivity contribution in [3.8, 4) is 0 Å². The molecule has 0 saturated carbocycles. The number of amides is 1. The predicted molar refractivity (Wildman–Crippen MR) is 82.8 cm³/mol. The molecule has 3 rings (SSSR count). The van der Waals surface area contributed by atoms with Crippen LogP contribution in [-0.2, 0) is 0 Å². The van der Waals surface area contributed by atoms with Gasteiger partial charge in [-0.15, -0.1) is 0 Å². The van der Waals surface area contributed by atoms with Gasteiger partial charge in [-0.25, -0.2) is 4.98 Å². The number of thioether (sulfide) groups is 1. The first-order chi connectivity index (χ1) is 10.0. The number of nitrogens with two attached hydrogens (primary N) is 1. The van der Waals surface area contributed by atoms with Gasteiger partial charge in [0.05, 0.1) is 11.0 Å². The molecular weight excluding hydrogens is 288 g/mol. The number of hydrogen-bond acceptors (Lipinski definition) is 4. The van der Waals surface area contributed by atoms with Crippen LogP contribution in [-0.4, -0.2) is 19.2 Å². The van der Waals surface area contributed by atoms with Crippen LogP contribution in [0.5, 0.6) is 0 Å². The maximum atomic E-state index is 12.8. The Labute approximate surface area is 124 Å². The van der Waals surface area contributed by atoms with Crippen molar-refractivity contribution in [1.82, 2.24) is 14.0 Å². The lowest BCUT2D eigenvalue weighted by atomic mass is 10.2. The van der Waals surface area contributed by atoms with Gasteiger partial charge in [0.2, 0.25) is 0 Å². The molecular formula is C14H14N4O2S. The number of fused-ring (bicyclic) bond motifs is 3. The molecule has 1 aromatic carbocycles. The van der Waals surface area contributed by atoms with E-state index in [0.29, 0.717) is 10.5 Å². The Balaban J connectivity index is 2.51. The number of carbonyl (C=O) groups is 1. The van der Waals surface area contributed by atoms with Crippen LogP contribution < -0.4 is 11.3 Å². The monoisotopic (exact) mass is 302 g/mol. The third kappa shape index (κ3) is 2.09. The van der Waals surface area contributed by atoms with Gasteiger partial charge in [-0.05, 0) is 37.7 Å². The van der Waals surface area contributed by atoms with E-state index in [9.17, 15) is 9.59 Å². The van der Waals surface area contributed by atoms with Gasteiger partial charge in [0.15, 0.2) is 0 Å². The van der Waals surface area contributed by atoms with E-state index in [4.69, 9.17) is 5.73 Å². The summed E-state index contributed by atoms with van der Waals surface area (Å²) >= 11 is 0.771. The molecule has 21 heavy (non-hydrogen) atoms. The fourth-order valence-corrected chi connectivity index (χ4v) is 3.06. The lowest BCUT2D eigenvalue weighted by Gasteiger charge is -2.15. The summed E-state index contributed by atoms with van der Waals surface area (Å²) in [6, 6.07) is 7.60. The minimum atomic E-state index is -0.584. The number of primary amides is 1. The maximum absolute atomic E-state index is 12.8. The van der Waals surface area contributed by atoms with Crippen molar-refractivity contribution in [2.45, 2.75) is 24.9 Å². The van der Waals surface area contributed by atoms with Crippen LogP contribution in [0.4, 0.5) is 4.79 Å². The average Bonchev–Trinajstić information content (AvgIpc) is 2.82. The highest BCUT2D eigenvalue weighted by Crippen LogP contribution is 2.24. The Morgan fingerprint density at radius 2 is 1.95 bits per heavy atom. The summed E-state index contributed by atoms with van der Waals surface area (Å²) in [6.07, 6.45) is 1.55. The molecule has 1 amide bonds. The Kier molecular flexibility index (Phi) is 3.21. The first kappa shape index (κ1) is 13.7. The van der Waals surface area contributed by atoms with E-state index in [1.54, 1.807) is 15.3 Å². The Bertz CT molecular complexity index is 910. The molecule has 2 N–H and O–H groups in total. The van der Waals surface area contributed by atoms with Gasteiger partial charge in [0.25, 0.3) is 10.8 Å². The van der Waals surface area contributed by atoms with Gasteiger partial charge >= 0.3 is 0 Å². The smallest absolute Gasteiger partial charge is 0.282 e. The second-order valence-electron chi connectivity index (χ2n) is 4.95. The van der Waals surface area contributed by atoms with Gasteiger partial charge in [-0.3, -0.25) is 14.0 Å². The largest absolute Gasteiger partial charge is 0.360 e. The molecule has 0 unspecified atom stereocenters. The fourth-order valence-electron chi connectivity index (χ4n) is 2.49. The zero-order valence-corrected chi connectivity index (χ0v) is 12.4. The topological polar surface area (TPSA) is 82.4 Å². The maximum Gasteiger partial charge on any atom is 0.282 e. The van der Waals surface area contributed by atoms with E-state index in [2.05, 4.69) is 4.98 Å². The van der Waals surface area contributed by atoms with Crippen molar-refractivity contribution < 1.29 is 4.79 Å². The molecule has 0 radical (unpaired) electrons. The highest BCUT2D eigenvalue weighted by Gasteiger charge is 2.18. The van der Waals surface area contributed by atoms with Crippen LogP contribution in [0.1, 0.15) is 19.9 Å². The predicted octanol–water partition coefficient (Wildman–Crippen LogP) is 2.40. The number of rotatable bonds is 2. The second kappa shape index (κ2) is 4.92. The lowest BCUT2D eigenvalue weighted by molar-refractivity contribution is 0.267. The molecule has 6 nitrogen and oxygen atoms in total. The molecule has 0 bridgehead atoms. The Morgan fingerprint density at radius 1 is 1.29 bits per heavy atom. The molecule has 7 heteroatoms. The zero-order valence-electron chi connectivity index (χ0n) is 11.6. The van der Waals surface area contributed by atoms with E-state index in [1.807, 2.05) is 38.1 Å². The number of carbonyl (C=O) groups excluding carboxylic acids is 1. The molecule has 108 valence electrons. The van der Waals surface area contributed by atoms with Gasteiger partial charge in [-0.1, -0.05) is 12.1 Å². The van der Waals surface area contributed by atoms with Crippen LogP contribution >= 0.6 is 11.8 Å². The molecule has 0 aliphatic carbocycles. The number of para-hydroxylation sites is 2. The molecule has 2 aromatic heterocycles. The van der Waals surface area contributed by atoms with Crippen LogP contribution in [0.15, 0.2) is 40.4 Å². The summed E-state index contributed by atoms with van der Waals surface area (Å²) in [6.45, 7) is 3.89. The molecule has 2 heterocycles. The van der Waals surface area contributed by atoms with Crippen molar-refractivity contribution in [2.75, 3.05) is 0 Å². The normalized spacial score (nSPS) is 11.6. The standard InChI is InChI=1S/C14H14N4O2S/c1-8(2)18-10-6-4-3-5-9(10)17-7-16-12(21-14(15)20)11(17)13(18)19/h3-8H,1-2H3,(H2,15,20). The number of nitrogens with zero attached hydrogens (tertiary/aromatic N) is 3. The third-order valence-corrected chi connectivity index (χ3v) is 3.96. The number of benzene rings is 1. The van der Waals surface area contributed by atoms with Gasteiger partial charge in [-0.2, -0.15) is 0 Å². The number of hydrogen-bond donors (Lipinski definition) is 1. The Morgan fingerprint density at radius 3 is 2.57 bits per heavy atom. The molecule has 0 aliphatic rings. The summed E-state index contributed by atoms with van der Waals surface area (Å²) in [5.74, 6) is 0. The van der Waals surface area contributed by atoms with E-state index >= 15 is 0 Å². The zero-order chi connectivity index (χ0) is 15.1. The molecule has 0 spiro atoms. The average molecular weight is 302 g/mol. The first-order valence-electron chi connectivity index (χ1n) is 6.48. The summed E-state index contributed by atoms with van der Waals surface area (Å²) in [5, 5.41) is -0.244. The minimum Gasteiger partial charge on any atom is -0.360 e. The highest BCUT2D eigenvalue weighted by atomic mass is 32.2. The van der Waals surface area contributed by atoms with Crippen molar-refractivity contribution in [2.24, 2.45) is 5.73 Å². The van der Waals surface area contributed by atoms with Crippen LogP contribution in [0.3, 0.4) is 0 Å². The third-order valence-electron chi connectivity index (χ3n) is 3.27.